The molecule has 0 aliphatic carbocycles. The monoisotopic (exact) mass is 354 g/mol. The molecule has 2 aromatic carbocycles. The van der Waals surface area contributed by atoms with Crippen LogP contribution in [0.1, 0.15) is 16.8 Å². The number of nitrogens with zero attached hydrogens (tertiary/aromatic N) is 1. The van der Waals surface area contributed by atoms with Gasteiger partial charge < -0.3 is 19.6 Å². The Labute approximate surface area is 151 Å². The Morgan fingerprint density at radius 3 is 2.77 bits per heavy atom. The Balaban J connectivity index is 1.42. The van der Waals surface area contributed by atoms with Gasteiger partial charge in [-0.25, -0.2) is 0 Å². The molecule has 0 spiro atoms. The van der Waals surface area contributed by atoms with Crippen molar-refractivity contribution in [3.63, 3.8) is 0 Å². The van der Waals surface area contributed by atoms with Crippen molar-refractivity contribution in [2.75, 3.05) is 39.4 Å². The van der Waals surface area contributed by atoms with Crippen molar-refractivity contribution in [3.05, 3.63) is 42.0 Å². The molecule has 0 radical (unpaired) electrons. The fourth-order valence-corrected chi connectivity index (χ4v) is 3.37. The van der Waals surface area contributed by atoms with Crippen LogP contribution in [0.25, 0.3) is 21.9 Å². The first-order chi connectivity index (χ1) is 12.7. The molecule has 1 saturated heterocycles. The minimum Gasteiger partial charge on any atom is -0.507 e. The smallest absolute Gasteiger partial charge is 0.255 e. The first kappa shape index (κ1) is 16.9. The highest BCUT2D eigenvalue weighted by Gasteiger charge is 2.16. The molecule has 26 heavy (non-hydrogen) atoms. The molecule has 0 atom stereocenters. The van der Waals surface area contributed by atoms with Crippen LogP contribution < -0.4 is 5.32 Å². The number of benzene rings is 2. The van der Waals surface area contributed by atoms with Crippen LogP contribution in [0.4, 0.5) is 0 Å². The third-order valence-corrected chi connectivity index (χ3v) is 4.78. The first-order valence-corrected chi connectivity index (χ1v) is 8.95. The van der Waals surface area contributed by atoms with Gasteiger partial charge in [-0.15, -0.1) is 0 Å². The van der Waals surface area contributed by atoms with Gasteiger partial charge in [-0.05, 0) is 31.2 Å². The topological polar surface area (TPSA) is 74.9 Å². The van der Waals surface area contributed by atoms with Gasteiger partial charge in [0.05, 0.1) is 18.8 Å². The summed E-state index contributed by atoms with van der Waals surface area (Å²) in [5.74, 6) is -0.318. The molecule has 0 bridgehead atoms. The maximum absolute atomic E-state index is 12.4. The predicted molar refractivity (Wildman–Crippen MR) is 99.6 cm³/mol. The Hall–Kier alpha value is -2.57. The van der Waals surface area contributed by atoms with Crippen molar-refractivity contribution < 1.29 is 19.1 Å². The number of phenols is 1. The number of ether oxygens (including phenoxy) is 1. The van der Waals surface area contributed by atoms with Crippen LogP contribution in [-0.4, -0.2) is 55.3 Å². The zero-order valence-electron chi connectivity index (χ0n) is 14.5. The van der Waals surface area contributed by atoms with E-state index in [0.29, 0.717) is 12.1 Å². The molecule has 1 amide bonds. The molecule has 3 aromatic rings. The lowest BCUT2D eigenvalue weighted by molar-refractivity contribution is 0.0374. The summed E-state index contributed by atoms with van der Waals surface area (Å²) in [4.78, 5) is 14.8. The van der Waals surface area contributed by atoms with E-state index in [1.807, 2.05) is 24.3 Å². The van der Waals surface area contributed by atoms with Crippen molar-refractivity contribution in [2.45, 2.75) is 6.42 Å². The van der Waals surface area contributed by atoms with Gasteiger partial charge in [0.15, 0.2) is 0 Å². The maximum Gasteiger partial charge on any atom is 0.255 e. The fourth-order valence-electron chi connectivity index (χ4n) is 3.37. The summed E-state index contributed by atoms with van der Waals surface area (Å²) in [6, 6.07) is 10.8. The van der Waals surface area contributed by atoms with Crippen LogP contribution in [0.15, 0.2) is 40.8 Å². The second-order valence-corrected chi connectivity index (χ2v) is 6.53. The molecule has 136 valence electrons. The number of hydrogen-bond donors (Lipinski definition) is 2. The third kappa shape index (κ3) is 3.38. The SMILES string of the molecule is O=C(NCCCN1CCOCC1)c1cc2oc3ccccc3c2cc1O. The summed E-state index contributed by atoms with van der Waals surface area (Å²) in [7, 11) is 0. The van der Waals surface area contributed by atoms with E-state index in [1.54, 1.807) is 12.1 Å². The van der Waals surface area contributed by atoms with E-state index in [4.69, 9.17) is 9.15 Å². The summed E-state index contributed by atoms with van der Waals surface area (Å²) in [6.07, 6.45) is 0.860. The van der Waals surface area contributed by atoms with Crippen LogP contribution in [0.5, 0.6) is 5.75 Å². The van der Waals surface area contributed by atoms with E-state index in [9.17, 15) is 9.90 Å². The number of phenolic OH excluding ortho intramolecular Hbond substituents is 1. The third-order valence-electron chi connectivity index (χ3n) is 4.78. The molecule has 2 heterocycles. The summed E-state index contributed by atoms with van der Waals surface area (Å²) < 4.78 is 11.1. The zero-order valence-corrected chi connectivity index (χ0v) is 14.5. The molecular weight excluding hydrogens is 332 g/mol. The second-order valence-electron chi connectivity index (χ2n) is 6.53. The van der Waals surface area contributed by atoms with Crippen molar-refractivity contribution in [3.8, 4) is 5.75 Å². The van der Waals surface area contributed by atoms with Gasteiger partial charge in [-0.2, -0.15) is 0 Å². The largest absolute Gasteiger partial charge is 0.507 e. The summed E-state index contributed by atoms with van der Waals surface area (Å²) in [5, 5.41) is 14.9. The lowest BCUT2D eigenvalue weighted by Gasteiger charge is -2.26. The average Bonchev–Trinajstić information content (AvgIpc) is 3.03. The summed E-state index contributed by atoms with van der Waals surface area (Å²) >= 11 is 0. The standard InChI is InChI=1S/C20H22N2O4/c23-17-12-15-14-4-1-2-5-18(14)26-19(15)13-16(17)20(24)21-6-3-7-22-8-10-25-11-9-22/h1-2,4-5,12-13,23H,3,6-11H2,(H,21,24). The molecule has 0 unspecified atom stereocenters. The number of nitrogens with one attached hydrogen (secondary N) is 1. The molecular formula is C20H22N2O4. The van der Waals surface area contributed by atoms with E-state index in [1.165, 1.54) is 0 Å². The van der Waals surface area contributed by atoms with Gasteiger partial charge in [0.25, 0.3) is 5.91 Å². The van der Waals surface area contributed by atoms with E-state index >= 15 is 0 Å². The van der Waals surface area contributed by atoms with Crippen LogP contribution in [0, 0.1) is 0 Å². The van der Waals surface area contributed by atoms with Gasteiger partial charge in [0.1, 0.15) is 16.9 Å². The van der Waals surface area contributed by atoms with Crippen molar-refractivity contribution in [1.82, 2.24) is 10.2 Å². The minimum absolute atomic E-state index is 0.0327. The Kier molecular flexibility index (Phi) is 4.77. The zero-order chi connectivity index (χ0) is 17.9. The number of fused-ring (bicyclic) bond motifs is 3. The Morgan fingerprint density at radius 2 is 1.92 bits per heavy atom. The fraction of sp³-hybridized carbons (Fsp3) is 0.350. The van der Waals surface area contributed by atoms with Crippen molar-refractivity contribution in [2.24, 2.45) is 0 Å². The predicted octanol–water partition coefficient (Wildman–Crippen LogP) is 2.74. The van der Waals surface area contributed by atoms with E-state index in [-0.39, 0.29) is 17.2 Å². The molecule has 6 nitrogen and oxygen atoms in total. The Morgan fingerprint density at radius 1 is 1.12 bits per heavy atom. The summed E-state index contributed by atoms with van der Waals surface area (Å²) in [5.41, 5.74) is 1.58. The number of para-hydroxylation sites is 1. The number of carbonyl (C=O) groups is 1. The van der Waals surface area contributed by atoms with Crippen LogP contribution in [0.2, 0.25) is 0 Å². The number of furan rings is 1. The van der Waals surface area contributed by atoms with E-state index < -0.39 is 0 Å². The average molecular weight is 354 g/mol. The van der Waals surface area contributed by atoms with Gasteiger partial charge in [0.2, 0.25) is 0 Å². The van der Waals surface area contributed by atoms with Crippen LogP contribution in [0.3, 0.4) is 0 Å². The maximum atomic E-state index is 12.4. The quantitative estimate of drug-likeness (QED) is 0.689. The number of hydrogen-bond acceptors (Lipinski definition) is 5. The number of rotatable bonds is 5. The molecule has 2 N–H and O–H groups in total. The highest BCUT2D eigenvalue weighted by Crippen LogP contribution is 2.33. The number of amides is 1. The van der Waals surface area contributed by atoms with Crippen molar-refractivity contribution in [1.29, 1.82) is 0 Å². The minimum atomic E-state index is -0.285. The molecule has 0 saturated carbocycles. The lowest BCUT2D eigenvalue weighted by Crippen LogP contribution is -2.38. The molecule has 1 fully saturated rings. The lowest BCUT2D eigenvalue weighted by atomic mass is 10.1. The van der Waals surface area contributed by atoms with Crippen molar-refractivity contribution >= 4 is 27.8 Å². The molecule has 4 rings (SSSR count). The number of morpholine rings is 1. The normalized spacial score (nSPS) is 15.5. The van der Waals surface area contributed by atoms with Gasteiger partial charge in [0, 0.05) is 30.4 Å². The Bertz CT molecular complexity index is 928. The van der Waals surface area contributed by atoms with E-state index in [2.05, 4.69) is 10.2 Å². The van der Waals surface area contributed by atoms with Crippen LogP contribution >= 0.6 is 0 Å². The summed E-state index contributed by atoms with van der Waals surface area (Å²) in [6.45, 7) is 4.93. The van der Waals surface area contributed by atoms with Crippen LogP contribution in [-0.2, 0) is 4.74 Å². The van der Waals surface area contributed by atoms with E-state index in [0.717, 1.165) is 55.6 Å². The second kappa shape index (κ2) is 7.35. The molecule has 1 aromatic heterocycles. The number of carbonyl (C=O) groups excluding carboxylic acids is 1. The molecule has 1 aliphatic heterocycles. The molecule has 6 heteroatoms. The highest BCUT2D eigenvalue weighted by molar-refractivity contribution is 6.09. The van der Waals surface area contributed by atoms with Gasteiger partial charge in [-0.1, -0.05) is 18.2 Å². The van der Waals surface area contributed by atoms with Gasteiger partial charge >= 0.3 is 0 Å². The molecule has 1 aliphatic rings. The number of aromatic hydroxyl groups is 1. The highest BCUT2D eigenvalue weighted by atomic mass is 16.5. The van der Waals surface area contributed by atoms with Gasteiger partial charge in [-0.3, -0.25) is 9.69 Å². The first-order valence-electron chi connectivity index (χ1n) is 8.95.